The van der Waals surface area contributed by atoms with Crippen molar-refractivity contribution in [1.29, 1.82) is 0 Å². The third-order valence-electron chi connectivity index (χ3n) is 5.29. The van der Waals surface area contributed by atoms with Gasteiger partial charge in [-0.25, -0.2) is 0 Å². The smallest absolute Gasteiger partial charge is 0.222 e. The highest BCUT2D eigenvalue weighted by Gasteiger charge is 2.14. The zero-order chi connectivity index (χ0) is 22.8. The van der Waals surface area contributed by atoms with Crippen LogP contribution in [0.3, 0.4) is 0 Å². The number of amides is 1. The summed E-state index contributed by atoms with van der Waals surface area (Å²) in [6.45, 7) is 3.58. The summed E-state index contributed by atoms with van der Waals surface area (Å²) >= 11 is 0. The van der Waals surface area contributed by atoms with Crippen LogP contribution in [0.2, 0.25) is 0 Å². The van der Waals surface area contributed by atoms with Gasteiger partial charge in [0, 0.05) is 19.5 Å². The molecule has 0 heterocycles. The minimum Gasteiger partial charge on any atom is -0.493 e. The van der Waals surface area contributed by atoms with E-state index in [0.29, 0.717) is 37.6 Å². The molecule has 0 N–H and O–H groups in total. The predicted molar refractivity (Wildman–Crippen MR) is 126 cm³/mol. The molecule has 0 atom stereocenters. The number of nitrogens with zero attached hydrogens (tertiary/aromatic N) is 1. The molecule has 0 aromatic heterocycles. The van der Waals surface area contributed by atoms with Crippen LogP contribution in [0.5, 0.6) is 17.2 Å². The summed E-state index contributed by atoms with van der Waals surface area (Å²) in [4.78, 5) is 14.5. The second kappa shape index (κ2) is 11.8. The summed E-state index contributed by atoms with van der Waals surface area (Å²) in [5.74, 6) is 2.32. The largest absolute Gasteiger partial charge is 0.493 e. The minimum absolute atomic E-state index is 0.126. The Morgan fingerprint density at radius 1 is 0.812 bits per heavy atom. The Morgan fingerprint density at radius 3 is 2.28 bits per heavy atom. The van der Waals surface area contributed by atoms with Gasteiger partial charge in [-0.15, -0.1) is 0 Å². The van der Waals surface area contributed by atoms with Gasteiger partial charge in [-0.3, -0.25) is 4.79 Å². The number of methoxy groups -OCH3 is 2. The first-order valence-corrected chi connectivity index (χ1v) is 10.9. The van der Waals surface area contributed by atoms with Crippen molar-refractivity contribution >= 4 is 5.91 Å². The summed E-state index contributed by atoms with van der Waals surface area (Å²) in [6, 6.07) is 23.9. The molecule has 0 bridgehead atoms. The number of carbonyl (C=O) groups excluding carboxylic acids is 1. The molecule has 0 unspecified atom stereocenters. The van der Waals surface area contributed by atoms with Crippen molar-refractivity contribution in [2.45, 2.75) is 32.9 Å². The van der Waals surface area contributed by atoms with Crippen molar-refractivity contribution in [1.82, 2.24) is 4.90 Å². The Morgan fingerprint density at radius 2 is 1.56 bits per heavy atom. The van der Waals surface area contributed by atoms with E-state index in [1.165, 1.54) is 0 Å². The molecule has 168 valence electrons. The van der Waals surface area contributed by atoms with Gasteiger partial charge in [-0.05, 0) is 47.4 Å². The van der Waals surface area contributed by atoms with E-state index in [0.717, 1.165) is 28.9 Å². The third kappa shape index (κ3) is 6.51. The fraction of sp³-hybridized carbons (Fsp3) is 0.296. The molecule has 5 heteroatoms. The molecule has 0 spiro atoms. The Labute approximate surface area is 190 Å². The average molecular weight is 434 g/mol. The molecule has 32 heavy (non-hydrogen) atoms. The molecule has 0 aliphatic rings. The third-order valence-corrected chi connectivity index (χ3v) is 5.29. The lowest BCUT2D eigenvalue weighted by Gasteiger charge is -2.23. The summed E-state index contributed by atoms with van der Waals surface area (Å²) < 4.78 is 16.7. The fourth-order valence-corrected chi connectivity index (χ4v) is 3.51. The van der Waals surface area contributed by atoms with Crippen LogP contribution < -0.4 is 14.2 Å². The number of rotatable bonds is 11. The lowest BCUT2D eigenvalue weighted by Crippen LogP contribution is -2.31. The second-order valence-corrected chi connectivity index (χ2v) is 7.53. The second-order valence-electron chi connectivity index (χ2n) is 7.53. The molecule has 0 saturated carbocycles. The lowest BCUT2D eigenvalue weighted by molar-refractivity contribution is -0.131. The van der Waals surface area contributed by atoms with Crippen molar-refractivity contribution < 1.29 is 19.0 Å². The van der Waals surface area contributed by atoms with Crippen molar-refractivity contribution in [3.8, 4) is 17.2 Å². The average Bonchev–Trinajstić information content (AvgIpc) is 2.85. The summed E-state index contributed by atoms with van der Waals surface area (Å²) in [5.41, 5.74) is 3.26. The maximum absolute atomic E-state index is 12.6. The minimum atomic E-state index is 0.126. The van der Waals surface area contributed by atoms with Gasteiger partial charge in [-0.1, -0.05) is 55.5 Å². The first-order chi connectivity index (χ1) is 15.6. The van der Waals surface area contributed by atoms with Crippen LogP contribution in [0.4, 0.5) is 0 Å². The topological polar surface area (TPSA) is 48.0 Å². The van der Waals surface area contributed by atoms with Crippen LogP contribution in [-0.4, -0.2) is 31.6 Å². The molecule has 0 saturated heterocycles. The molecular weight excluding hydrogens is 402 g/mol. The lowest BCUT2D eigenvalue weighted by atomic mass is 10.1. The Hall–Kier alpha value is -3.47. The van der Waals surface area contributed by atoms with E-state index in [4.69, 9.17) is 14.2 Å². The number of ether oxygens (including phenoxy) is 3. The quantitative estimate of drug-likeness (QED) is 0.414. The van der Waals surface area contributed by atoms with E-state index in [-0.39, 0.29) is 5.91 Å². The van der Waals surface area contributed by atoms with Crippen LogP contribution >= 0.6 is 0 Å². The van der Waals surface area contributed by atoms with Gasteiger partial charge in [-0.2, -0.15) is 0 Å². The molecule has 0 aliphatic carbocycles. The summed E-state index contributed by atoms with van der Waals surface area (Å²) in [6.07, 6.45) is 1.20. The highest BCUT2D eigenvalue weighted by molar-refractivity contribution is 5.75. The van der Waals surface area contributed by atoms with Gasteiger partial charge in [0.1, 0.15) is 12.4 Å². The maximum atomic E-state index is 12.6. The zero-order valence-corrected chi connectivity index (χ0v) is 19.0. The molecule has 3 aromatic carbocycles. The van der Waals surface area contributed by atoms with Gasteiger partial charge < -0.3 is 19.1 Å². The fourth-order valence-electron chi connectivity index (χ4n) is 3.51. The van der Waals surface area contributed by atoms with E-state index >= 15 is 0 Å². The summed E-state index contributed by atoms with van der Waals surface area (Å²) in [7, 11) is 3.25. The van der Waals surface area contributed by atoms with Gasteiger partial charge in [0.2, 0.25) is 5.91 Å². The SMILES string of the molecule is CCC(=O)N(CCc1ccc(OC)c(OC)c1)Cc1cccc(OCc2ccccc2)c1. The highest BCUT2D eigenvalue weighted by atomic mass is 16.5. The van der Waals surface area contributed by atoms with Crippen molar-refractivity contribution in [3.63, 3.8) is 0 Å². The normalized spacial score (nSPS) is 10.5. The van der Waals surface area contributed by atoms with Crippen molar-refractivity contribution in [2.75, 3.05) is 20.8 Å². The van der Waals surface area contributed by atoms with Crippen molar-refractivity contribution in [3.05, 3.63) is 89.5 Å². The molecule has 1 amide bonds. The van der Waals surface area contributed by atoms with Crippen molar-refractivity contribution in [2.24, 2.45) is 0 Å². The van der Waals surface area contributed by atoms with Gasteiger partial charge in [0.05, 0.1) is 14.2 Å². The first-order valence-electron chi connectivity index (χ1n) is 10.9. The Kier molecular flexibility index (Phi) is 8.55. The van der Waals surface area contributed by atoms with Crippen LogP contribution in [0, 0.1) is 0 Å². The van der Waals surface area contributed by atoms with E-state index in [2.05, 4.69) is 0 Å². The van der Waals surface area contributed by atoms with Crippen LogP contribution in [-0.2, 0) is 24.4 Å². The monoisotopic (exact) mass is 433 g/mol. The van der Waals surface area contributed by atoms with Crippen LogP contribution in [0.15, 0.2) is 72.8 Å². The molecule has 3 rings (SSSR count). The van der Waals surface area contributed by atoms with Crippen LogP contribution in [0.25, 0.3) is 0 Å². The maximum Gasteiger partial charge on any atom is 0.222 e. The number of carbonyl (C=O) groups is 1. The Balaban J connectivity index is 1.65. The number of hydrogen-bond acceptors (Lipinski definition) is 4. The molecule has 0 aliphatic heterocycles. The number of hydrogen-bond donors (Lipinski definition) is 0. The highest BCUT2D eigenvalue weighted by Crippen LogP contribution is 2.28. The molecular formula is C27H31NO4. The molecule has 0 radical (unpaired) electrons. The Bertz CT molecular complexity index is 1000. The molecule has 0 fully saturated rings. The zero-order valence-electron chi connectivity index (χ0n) is 19.0. The molecule has 5 nitrogen and oxygen atoms in total. The van der Waals surface area contributed by atoms with Gasteiger partial charge in [0.15, 0.2) is 11.5 Å². The van der Waals surface area contributed by atoms with Crippen LogP contribution in [0.1, 0.15) is 30.0 Å². The predicted octanol–water partition coefficient (Wildman–Crippen LogP) is 5.26. The van der Waals surface area contributed by atoms with E-state index in [9.17, 15) is 4.79 Å². The number of benzene rings is 3. The standard InChI is InChI=1S/C27H31NO4/c1-4-27(29)28(16-15-21-13-14-25(30-2)26(18-21)31-3)19-23-11-8-12-24(17-23)32-20-22-9-6-5-7-10-22/h5-14,17-18H,4,15-16,19-20H2,1-3H3. The van der Waals surface area contributed by atoms with Gasteiger partial charge >= 0.3 is 0 Å². The van der Waals surface area contributed by atoms with E-state index in [1.54, 1.807) is 14.2 Å². The van der Waals surface area contributed by atoms with Gasteiger partial charge in [0.25, 0.3) is 0 Å². The van der Waals surface area contributed by atoms with E-state index in [1.807, 2.05) is 84.6 Å². The molecule has 3 aromatic rings. The first kappa shape index (κ1) is 23.2. The van der Waals surface area contributed by atoms with E-state index < -0.39 is 0 Å². The summed E-state index contributed by atoms with van der Waals surface area (Å²) in [5, 5.41) is 0.